The number of carbonyl (C=O) groups is 1. The van der Waals surface area contributed by atoms with E-state index in [-0.39, 0.29) is 6.04 Å². The second-order valence-corrected chi connectivity index (χ2v) is 9.90. The fourth-order valence-electron chi connectivity index (χ4n) is 4.59. The Hall–Kier alpha value is -2.55. The third kappa shape index (κ3) is 9.84. The number of aliphatic imine (C=N–C) groups is 1. The number of amidine groups is 1. The van der Waals surface area contributed by atoms with Gasteiger partial charge in [0.15, 0.2) is 0 Å². The van der Waals surface area contributed by atoms with Gasteiger partial charge in [-0.15, -0.1) is 0 Å². The van der Waals surface area contributed by atoms with Crippen molar-refractivity contribution in [1.29, 1.82) is 0 Å². The van der Waals surface area contributed by atoms with Crippen molar-refractivity contribution in [1.82, 2.24) is 24.6 Å². The van der Waals surface area contributed by atoms with E-state index in [1.165, 1.54) is 11.6 Å². The molecule has 1 amide bonds. The quantitative estimate of drug-likeness (QED) is 0.184. The number of amides is 1. The molecule has 8 nitrogen and oxygen atoms in total. The van der Waals surface area contributed by atoms with Crippen molar-refractivity contribution in [2.75, 3.05) is 61.0 Å². The van der Waals surface area contributed by atoms with Gasteiger partial charge in [0, 0.05) is 32.4 Å². The van der Waals surface area contributed by atoms with Gasteiger partial charge in [-0.2, -0.15) is 0 Å². The molecule has 200 valence electrons. The van der Waals surface area contributed by atoms with E-state index in [0.29, 0.717) is 12.2 Å². The van der Waals surface area contributed by atoms with Crippen LogP contribution < -0.4 is 5.73 Å². The van der Waals surface area contributed by atoms with E-state index in [0.717, 1.165) is 69.9 Å². The first-order valence-electron chi connectivity index (χ1n) is 13.2. The van der Waals surface area contributed by atoms with E-state index >= 15 is 0 Å². The van der Waals surface area contributed by atoms with Crippen molar-refractivity contribution in [3.8, 4) is 0 Å². The number of nitrogens with zero attached hydrogens (tertiary/aromatic N) is 6. The first-order valence-corrected chi connectivity index (χ1v) is 13.2. The molecule has 36 heavy (non-hydrogen) atoms. The van der Waals surface area contributed by atoms with Crippen molar-refractivity contribution >= 4 is 11.7 Å². The highest BCUT2D eigenvalue weighted by Crippen LogP contribution is 2.32. The number of nitrogens with two attached hydrogens (primary N) is 1. The smallest absolute Gasteiger partial charge is 0.243 e. The standard InChI is InChI=1S/C28H47N7O/c1-7-9-16-27(34(6)22-35(8-2)19-12-18-32(3)4)31-24(20-26(29)36)21-33(5)25-15-10-13-23-14-11-17-30-28(23)25/h9,11,14,16-17,20,25H,7-8,10,12-13,15,18-19,21-22H2,1-6H3,(H2,29,36)/b16-9-,24-20+,31-27+. The number of primary amides is 1. The summed E-state index contributed by atoms with van der Waals surface area (Å²) in [7, 11) is 8.34. The first kappa shape index (κ1) is 29.7. The molecule has 0 saturated heterocycles. The largest absolute Gasteiger partial charge is 0.366 e. The predicted molar refractivity (Wildman–Crippen MR) is 150 cm³/mol. The van der Waals surface area contributed by atoms with Crippen LogP contribution in [0.1, 0.15) is 56.8 Å². The molecule has 0 bridgehead atoms. The summed E-state index contributed by atoms with van der Waals surface area (Å²) in [6.07, 6.45) is 12.7. The summed E-state index contributed by atoms with van der Waals surface area (Å²) in [5.41, 5.74) is 8.70. The maximum atomic E-state index is 11.9. The summed E-state index contributed by atoms with van der Waals surface area (Å²) in [6, 6.07) is 4.37. The molecule has 1 aromatic heterocycles. The molecule has 0 fully saturated rings. The minimum Gasteiger partial charge on any atom is -0.366 e. The Morgan fingerprint density at radius 1 is 1.22 bits per heavy atom. The van der Waals surface area contributed by atoms with Gasteiger partial charge >= 0.3 is 0 Å². The van der Waals surface area contributed by atoms with Crippen LogP contribution in [-0.4, -0.2) is 97.4 Å². The van der Waals surface area contributed by atoms with Crippen LogP contribution in [0.15, 0.2) is 47.2 Å². The second-order valence-electron chi connectivity index (χ2n) is 9.90. The fraction of sp³-hybridized carbons (Fsp3) is 0.607. The SMILES string of the molecule is CC\C=C/C(=N\C(=C\C(N)=O)CN(C)C1CCCc2cccnc21)N(C)CN(CC)CCCN(C)C. The minimum atomic E-state index is -0.482. The van der Waals surface area contributed by atoms with E-state index < -0.39 is 5.91 Å². The normalized spacial score (nSPS) is 16.9. The first-order chi connectivity index (χ1) is 17.2. The lowest BCUT2D eigenvalue weighted by Crippen LogP contribution is -2.40. The van der Waals surface area contributed by atoms with Crippen LogP contribution in [0.3, 0.4) is 0 Å². The predicted octanol–water partition coefficient (Wildman–Crippen LogP) is 3.29. The number of fused-ring (bicyclic) bond motifs is 1. The number of likely N-dealkylation sites (N-methyl/N-ethyl adjacent to an activating group) is 2. The molecule has 1 aromatic rings. The number of hydrogen-bond donors (Lipinski definition) is 1. The third-order valence-corrected chi connectivity index (χ3v) is 6.51. The minimum absolute atomic E-state index is 0.195. The molecule has 1 aliphatic rings. The van der Waals surface area contributed by atoms with Crippen molar-refractivity contribution in [2.24, 2.45) is 10.7 Å². The zero-order chi connectivity index (χ0) is 26.5. The summed E-state index contributed by atoms with van der Waals surface area (Å²) in [6.45, 7) is 8.61. The molecular weight excluding hydrogens is 450 g/mol. The molecule has 1 unspecified atom stereocenters. The molecule has 2 N–H and O–H groups in total. The Morgan fingerprint density at radius 2 is 2.00 bits per heavy atom. The summed E-state index contributed by atoms with van der Waals surface area (Å²) < 4.78 is 0. The van der Waals surface area contributed by atoms with Crippen LogP contribution in [-0.2, 0) is 11.2 Å². The number of aromatic nitrogens is 1. The Morgan fingerprint density at radius 3 is 2.67 bits per heavy atom. The Labute approximate surface area is 218 Å². The van der Waals surface area contributed by atoms with Crippen molar-refractivity contribution < 1.29 is 4.79 Å². The van der Waals surface area contributed by atoms with E-state index in [1.807, 2.05) is 18.3 Å². The summed E-state index contributed by atoms with van der Waals surface area (Å²) in [5.74, 6) is 0.343. The molecule has 0 spiro atoms. The average Bonchev–Trinajstić information content (AvgIpc) is 2.84. The number of carbonyl (C=O) groups excluding carboxylic acids is 1. The van der Waals surface area contributed by atoms with Crippen molar-refractivity contribution in [3.63, 3.8) is 0 Å². The zero-order valence-corrected chi connectivity index (χ0v) is 23.3. The molecule has 1 aliphatic carbocycles. The zero-order valence-electron chi connectivity index (χ0n) is 23.3. The molecular formula is C28H47N7O. The number of allylic oxidation sites excluding steroid dienone is 1. The van der Waals surface area contributed by atoms with E-state index in [2.05, 4.69) is 78.8 Å². The van der Waals surface area contributed by atoms with Gasteiger partial charge < -0.3 is 15.5 Å². The molecule has 1 heterocycles. The molecule has 0 saturated carbocycles. The molecule has 0 aromatic carbocycles. The highest BCUT2D eigenvalue weighted by molar-refractivity contribution is 5.94. The average molecular weight is 498 g/mol. The van der Waals surface area contributed by atoms with Crippen LogP contribution in [0.5, 0.6) is 0 Å². The van der Waals surface area contributed by atoms with Crippen LogP contribution in [0, 0.1) is 0 Å². The Kier molecular flexibility index (Phi) is 12.8. The number of pyridine rings is 1. The van der Waals surface area contributed by atoms with Gasteiger partial charge in [-0.3, -0.25) is 19.6 Å². The van der Waals surface area contributed by atoms with E-state index in [9.17, 15) is 4.79 Å². The Bertz CT molecular complexity index is 909. The monoisotopic (exact) mass is 497 g/mol. The molecule has 0 aliphatic heterocycles. The van der Waals surface area contributed by atoms with Crippen LogP contribution in [0.4, 0.5) is 0 Å². The van der Waals surface area contributed by atoms with Gasteiger partial charge in [0.2, 0.25) is 5.91 Å². The lowest BCUT2D eigenvalue weighted by Gasteiger charge is -2.32. The summed E-state index contributed by atoms with van der Waals surface area (Å²) in [5, 5.41) is 0. The number of aryl methyl sites for hydroxylation is 1. The maximum absolute atomic E-state index is 11.9. The van der Waals surface area contributed by atoms with Gasteiger partial charge in [0.05, 0.1) is 24.1 Å². The maximum Gasteiger partial charge on any atom is 0.243 e. The Balaban J connectivity index is 2.23. The number of rotatable bonds is 14. The summed E-state index contributed by atoms with van der Waals surface area (Å²) >= 11 is 0. The highest BCUT2D eigenvalue weighted by Gasteiger charge is 2.25. The topological polar surface area (TPSA) is 81.3 Å². The van der Waals surface area contributed by atoms with E-state index in [1.54, 1.807) is 0 Å². The molecule has 8 heteroatoms. The van der Waals surface area contributed by atoms with Gasteiger partial charge in [-0.25, -0.2) is 4.99 Å². The van der Waals surface area contributed by atoms with Crippen LogP contribution in [0.25, 0.3) is 0 Å². The number of hydrogen-bond acceptors (Lipinski definition) is 6. The lowest BCUT2D eigenvalue weighted by atomic mass is 9.91. The second kappa shape index (κ2) is 15.5. The van der Waals surface area contributed by atoms with Gasteiger partial charge in [0.25, 0.3) is 0 Å². The third-order valence-electron chi connectivity index (χ3n) is 6.51. The lowest BCUT2D eigenvalue weighted by molar-refractivity contribution is -0.113. The van der Waals surface area contributed by atoms with Gasteiger partial charge in [0.1, 0.15) is 5.84 Å². The van der Waals surface area contributed by atoms with E-state index in [4.69, 9.17) is 10.7 Å². The van der Waals surface area contributed by atoms with Crippen molar-refractivity contribution in [3.05, 3.63) is 53.5 Å². The summed E-state index contributed by atoms with van der Waals surface area (Å²) in [4.78, 5) is 30.6. The van der Waals surface area contributed by atoms with Crippen molar-refractivity contribution in [2.45, 2.75) is 52.0 Å². The van der Waals surface area contributed by atoms with Gasteiger partial charge in [-0.05, 0) is 84.0 Å². The van der Waals surface area contributed by atoms with Gasteiger partial charge in [-0.1, -0.05) is 26.0 Å². The molecule has 1 atom stereocenters. The molecule has 2 rings (SSSR count). The highest BCUT2D eigenvalue weighted by atomic mass is 16.1. The molecule has 0 radical (unpaired) electrons. The van der Waals surface area contributed by atoms with Crippen LogP contribution >= 0.6 is 0 Å². The van der Waals surface area contributed by atoms with Crippen LogP contribution in [0.2, 0.25) is 0 Å². The fourth-order valence-corrected chi connectivity index (χ4v) is 4.59.